The van der Waals surface area contributed by atoms with Crippen LogP contribution in [0.1, 0.15) is 44.1 Å². The SMILES string of the molecule is O=C(CC1CCN(Cc2ccccc2)CC1)N[C@H]1C[C@H]2CO[C@H](C3CC3)CN2C1. The highest BCUT2D eigenvalue weighted by molar-refractivity contribution is 5.76. The summed E-state index contributed by atoms with van der Waals surface area (Å²) < 4.78 is 6.08. The van der Waals surface area contributed by atoms with Gasteiger partial charge in [0, 0.05) is 38.1 Å². The summed E-state index contributed by atoms with van der Waals surface area (Å²) in [6, 6.07) is 11.5. The molecule has 0 aromatic heterocycles. The third kappa shape index (κ3) is 5.01. The van der Waals surface area contributed by atoms with Crippen LogP contribution in [0, 0.1) is 11.8 Å². The van der Waals surface area contributed by atoms with Crippen LogP contribution >= 0.6 is 0 Å². The molecule has 158 valence electrons. The maximum atomic E-state index is 12.7. The quantitative estimate of drug-likeness (QED) is 0.802. The molecule has 0 spiro atoms. The third-order valence-electron chi connectivity index (χ3n) is 7.39. The highest BCUT2D eigenvalue weighted by atomic mass is 16.5. The molecule has 0 bridgehead atoms. The maximum absolute atomic E-state index is 12.7. The Hall–Kier alpha value is -1.43. The van der Waals surface area contributed by atoms with Crippen molar-refractivity contribution in [1.29, 1.82) is 0 Å². The van der Waals surface area contributed by atoms with Crippen LogP contribution in [0.15, 0.2) is 30.3 Å². The first-order valence-corrected chi connectivity index (χ1v) is 11.6. The number of carbonyl (C=O) groups excluding carboxylic acids is 1. The van der Waals surface area contributed by atoms with E-state index in [9.17, 15) is 4.79 Å². The lowest BCUT2D eigenvalue weighted by Gasteiger charge is -2.35. The van der Waals surface area contributed by atoms with Gasteiger partial charge in [-0.2, -0.15) is 0 Å². The predicted octanol–water partition coefficient (Wildman–Crippen LogP) is 2.66. The summed E-state index contributed by atoms with van der Waals surface area (Å²) in [5, 5.41) is 3.34. The van der Waals surface area contributed by atoms with Gasteiger partial charge in [0.1, 0.15) is 0 Å². The van der Waals surface area contributed by atoms with E-state index >= 15 is 0 Å². The van der Waals surface area contributed by atoms with Gasteiger partial charge in [-0.15, -0.1) is 0 Å². The topological polar surface area (TPSA) is 44.8 Å². The first-order valence-electron chi connectivity index (χ1n) is 11.6. The third-order valence-corrected chi connectivity index (χ3v) is 7.39. The van der Waals surface area contributed by atoms with Crippen LogP contribution in [0.25, 0.3) is 0 Å². The predicted molar refractivity (Wildman–Crippen MR) is 113 cm³/mol. The average molecular weight is 398 g/mol. The second-order valence-electron chi connectivity index (χ2n) is 9.73. The normalized spacial score (nSPS) is 31.5. The molecule has 4 fully saturated rings. The van der Waals surface area contributed by atoms with E-state index < -0.39 is 0 Å². The van der Waals surface area contributed by atoms with Gasteiger partial charge in [-0.3, -0.25) is 14.6 Å². The lowest BCUT2D eigenvalue weighted by Crippen LogP contribution is -2.47. The van der Waals surface area contributed by atoms with Crippen LogP contribution in [0.5, 0.6) is 0 Å². The van der Waals surface area contributed by atoms with Crippen molar-refractivity contribution in [2.45, 2.75) is 63.3 Å². The van der Waals surface area contributed by atoms with Crippen molar-refractivity contribution in [3.05, 3.63) is 35.9 Å². The molecule has 1 aliphatic carbocycles. The number of hydrogen-bond donors (Lipinski definition) is 1. The van der Waals surface area contributed by atoms with Crippen molar-refractivity contribution in [2.75, 3.05) is 32.8 Å². The van der Waals surface area contributed by atoms with Gasteiger partial charge in [0.2, 0.25) is 5.91 Å². The van der Waals surface area contributed by atoms with Crippen LogP contribution in [0.2, 0.25) is 0 Å². The molecule has 1 saturated carbocycles. The fraction of sp³-hybridized carbons (Fsp3) is 0.708. The molecule has 5 nitrogen and oxygen atoms in total. The lowest BCUT2D eigenvalue weighted by molar-refractivity contribution is -0.123. The minimum absolute atomic E-state index is 0.260. The minimum Gasteiger partial charge on any atom is -0.375 e. The van der Waals surface area contributed by atoms with Crippen LogP contribution in [0.4, 0.5) is 0 Å². The molecule has 1 aromatic carbocycles. The Balaban J connectivity index is 1.02. The summed E-state index contributed by atoms with van der Waals surface area (Å²) in [6.45, 7) is 6.18. The van der Waals surface area contributed by atoms with Crippen molar-refractivity contribution < 1.29 is 9.53 Å². The number of likely N-dealkylation sites (tertiary alicyclic amines) is 1. The Labute approximate surface area is 174 Å². The zero-order valence-electron chi connectivity index (χ0n) is 17.5. The molecule has 5 heteroatoms. The minimum atomic E-state index is 0.260. The highest BCUT2D eigenvalue weighted by Gasteiger charge is 2.42. The van der Waals surface area contributed by atoms with Gasteiger partial charge in [0.05, 0.1) is 12.7 Å². The van der Waals surface area contributed by atoms with E-state index in [1.54, 1.807) is 0 Å². The van der Waals surface area contributed by atoms with Crippen molar-refractivity contribution in [3.63, 3.8) is 0 Å². The van der Waals surface area contributed by atoms with Crippen LogP contribution in [-0.4, -0.2) is 66.7 Å². The number of nitrogens with zero attached hydrogens (tertiary/aromatic N) is 2. The molecule has 0 unspecified atom stereocenters. The van der Waals surface area contributed by atoms with E-state index in [1.807, 2.05) is 0 Å². The summed E-state index contributed by atoms with van der Waals surface area (Å²) in [5.74, 6) is 1.60. The summed E-state index contributed by atoms with van der Waals surface area (Å²) in [6.07, 6.45) is 7.15. The Morgan fingerprint density at radius 3 is 2.62 bits per heavy atom. The van der Waals surface area contributed by atoms with Crippen molar-refractivity contribution in [2.24, 2.45) is 11.8 Å². The number of piperidine rings is 1. The maximum Gasteiger partial charge on any atom is 0.220 e. The van der Waals surface area contributed by atoms with E-state index in [2.05, 4.69) is 45.4 Å². The van der Waals surface area contributed by atoms with Crippen LogP contribution < -0.4 is 5.32 Å². The number of nitrogens with one attached hydrogen (secondary N) is 1. The fourth-order valence-electron chi connectivity index (χ4n) is 5.50. The van der Waals surface area contributed by atoms with Crippen molar-refractivity contribution in [3.8, 4) is 0 Å². The Bertz CT molecular complexity index is 685. The molecule has 1 amide bonds. The number of amides is 1. The Morgan fingerprint density at radius 2 is 1.86 bits per heavy atom. The molecule has 3 heterocycles. The number of morpholine rings is 1. The van der Waals surface area contributed by atoms with E-state index in [1.165, 1.54) is 18.4 Å². The van der Waals surface area contributed by atoms with Crippen molar-refractivity contribution >= 4 is 5.91 Å². The number of ether oxygens (including phenoxy) is 1. The van der Waals surface area contributed by atoms with Gasteiger partial charge in [-0.05, 0) is 62.6 Å². The molecular weight excluding hydrogens is 362 g/mol. The van der Waals surface area contributed by atoms with Gasteiger partial charge < -0.3 is 10.1 Å². The summed E-state index contributed by atoms with van der Waals surface area (Å²) in [5.41, 5.74) is 1.38. The zero-order chi connectivity index (χ0) is 19.6. The number of hydrogen-bond acceptors (Lipinski definition) is 4. The zero-order valence-corrected chi connectivity index (χ0v) is 17.5. The first kappa shape index (κ1) is 19.5. The second kappa shape index (κ2) is 8.75. The number of benzene rings is 1. The molecule has 5 rings (SSSR count). The average Bonchev–Trinajstić information content (AvgIpc) is 3.50. The molecular formula is C24H35N3O2. The smallest absolute Gasteiger partial charge is 0.220 e. The molecule has 3 atom stereocenters. The highest BCUT2D eigenvalue weighted by Crippen LogP contribution is 2.38. The van der Waals surface area contributed by atoms with Gasteiger partial charge >= 0.3 is 0 Å². The van der Waals surface area contributed by atoms with Crippen LogP contribution in [-0.2, 0) is 16.1 Å². The number of fused-ring (bicyclic) bond motifs is 1. The molecule has 4 aliphatic rings. The second-order valence-corrected chi connectivity index (χ2v) is 9.73. The molecule has 0 radical (unpaired) electrons. The molecule has 3 aliphatic heterocycles. The molecule has 3 saturated heterocycles. The Kier molecular flexibility index (Phi) is 5.89. The van der Waals surface area contributed by atoms with Crippen LogP contribution in [0.3, 0.4) is 0 Å². The molecule has 1 N–H and O–H groups in total. The summed E-state index contributed by atoms with van der Waals surface area (Å²) in [4.78, 5) is 17.7. The largest absolute Gasteiger partial charge is 0.375 e. The monoisotopic (exact) mass is 397 g/mol. The summed E-state index contributed by atoms with van der Waals surface area (Å²) in [7, 11) is 0. The van der Waals surface area contributed by atoms with Gasteiger partial charge in [-0.1, -0.05) is 30.3 Å². The molecule has 29 heavy (non-hydrogen) atoms. The van der Waals surface area contributed by atoms with E-state index in [4.69, 9.17) is 4.74 Å². The molecule has 1 aromatic rings. The standard InChI is InChI=1S/C24H35N3O2/c28-24(12-18-8-10-26(11-9-18)14-19-4-2-1-3-5-19)25-21-13-22-17-29-23(20-6-7-20)16-27(22)15-21/h1-5,18,20-23H,6-17H2,(H,25,28)/t21-,22-,23-/m0/s1. The van der Waals surface area contributed by atoms with E-state index in [0.29, 0.717) is 30.5 Å². The summed E-state index contributed by atoms with van der Waals surface area (Å²) >= 11 is 0. The van der Waals surface area contributed by atoms with E-state index in [-0.39, 0.29) is 5.91 Å². The van der Waals surface area contributed by atoms with Gasteiger partial charge in [-0.25, -0.2) is 0 Å². The first-order chi connectivity index (χ1) is 14.2. The number of carbonyl (C=O) groups is 1. The fourth-order valence-corrected chi connectivity index (χ4v) is 5.50. The van der Waals surface area contributed by atoms with Crippen molar-refractivity contribution in [1.82, 2.24) is 15.1 Å². The Morgan fingerprint density at radius 1 is 1.07 bits per heavy atom. The van der Waals surface area contributed by atoms with Gasteiger partial charge in [0.15, 0.2) is 0 Å². The lowest BCUT2D eigenvalue weighted by atomic mass is 9.92. The van der Waals surface area contributed by atoms with Gasteiger partial charge in [0.25, 0.3) is 0 Å². The number of rotatable bonds is 6. The van der Waals surface area contributed by atoms with E-state index in [0.717, 1.165) is 64.5 Å².